The van der Waals surface area contributed by atoms with E-state index in [4.69, 9.17) is 15.2 Å². The lowest BCUT2D eigenvalue weighted by Gasteiger charge is -2.41. The summed E-state index contributed by atoms with van der Waals surface area (Å²) >= 11 is 0. The van der Waals surface area contributed by atoms with Gasteiger partial charge in [0.05, 0.1) is 31.6 Å². The molecule has 5 heteroatoms. The summed E-state index contributed by atoms with van der Waals surface area (Å²) in [7, 11) is 0. The molecule has 19 heavy (non-hydrogen) atoms. The molecule has 0 aromatic heterocycles. The van der Waals surface area contributed by atoms with Crippen LogP contribution in [0.1, 0.15) is 27.2 Å². The Hall–Kier alpha value is -0.200. The molecular weight excluding hydrogens is 242 g/mol. The maximum atomic E-state index is 6.39. The fourth-order valence-corrected chi connectivity index (χ4v) is 3.15. The average Bonchev–Trinajstić information content (AvgIpc) is 2.38. The van der Waals surface area contributed by atoms with Gasteiger partial charge in [-0.15, -0.1) is 0 Å². The predicted molar refractivity (Wildman–Crippen MR) is 76.0 cm³/mol. The molecule has 0 saturated carbocycles. The molecule has 2 saturated heterocycles. The summed E-state index contributed by atoms with van der Waals surface area (Å²) < 4.78 is 11.2. The normalized spacial score (nSPS) is 34.1. The van der Waals surface area contributed by atoms with Crippen molar-refractivity contribution in [2.45, 2.75) is 51.6 Å². The maximum Gasteiger partial charge on any atom is 0.0678 e. The van der Waals surface area contributed by atoms with E-state index in [0.29, 0.717) is 6.04 Å². The van der Waals surface area contributed by atoms with E-state index in [-0.39, 0.29) is 18.4 Å². The fourth-order valence-electron chi connectivity index (χ4n) is 3.15. The van der Waals surface area contributed by atoms with Crippen LogP contribution in [0.3, 0.4) is 0 Å². The first-order valence-corrected chi connectivity index (χ1v) is 7.53. The monoisotopic (exact) mass is 271 g/mol. The second-order valence-corrected chi connectivity index (χ2v) is 6.01. The van der Waals surface area contributed by atoms with Crippen molar-refractivity contribution in [2.75, 3.05) is 39.4 Å². The zero-order chi connectivity index (χ0) is 13.8. The van der Waals surface area contributed by atoms with Gasteiger partial charge >= 0.3 is 0 Å². The fraction of sp³-hybridized carbons (Fsp3) is 1.00. The number of morpholine rings is 2. The van der Waals surface area contributed by atoms with Gasteiger partial charge in [-0.3, -0.25) is 9.80 Å². The Morgan fingerprint density at radius 2 is 1.68 bits per heavy atom. The van der Waals surface area contributed by atoms with Crippen LogP contribution in [0, 0.1) is 0 Å². The molecule has 0 aromatic rings. The summed E-state index contributed by atoms with van der Waals surface area (Å²) in [4.78, 5) is 4.85. The van der Waals surface area contributed by atoms with Crippen molar-refractivity contribution in [2.24, 2.45) is 5.73 Å². The summed E-state index contributed by atoms with van der Waals surface area (Å²) in [5.74, 6) is 0. The van der Waals surface area contributed by atoms with Crippen molar-refractivity contribution in [3.63, 3.8) is 0 Å². The van der Waals surface area contributed by atoms with Gasteiger partial charge in [-0.1, -0.05) is 0 Å². The Balaban J connectivity index is 1.80. The molecule has 2 heterocycles. The lowest BCUT2D eigenvalue weighted by Crippen LogP contribution is -2.55. The highest BCUT2D eigenvalue weighted by atomic mass is 16.5. The van der Waals surface area contributed by atoms with Gasteiger partial charge < -0.3 is 15.2 Å². The number of rotatable bonds is 4. The van der Waals surface area contributed by atoms with Crippen LogP contribution in [0.15, 0.2) is 0 Å². The lowest BCUT2D eigenvalue weighted by atomic mass is 10.1. The van der Waals surface area contributed by atoms with E-state index in [2.05, 4.69) is 30.6 Å². The van der Waals surface area contributed by atoms with Gasteiger partial charge in [0.2, 0.25) is 0 Å². The highest BCUT2D eigenvalue weighted by Crippen LogP contribution is 2.16. The minimum Gasteiger partial charge on any atom is -0.379 e. The second kappa shape index (κ2) is 6.99. The molecule has 0 bridgehead atoms. The highest BCUT2D eigenvalue weighted by Gasteiger charge is 2.28. The molecular formula is C14H29N3O2. The van der Waals surface area contributed by atoms with E-state index < -0.39 is 0 Å². The molecule has 2 N–H and O–H groups in total. The van der Waals surface area contributed by atoms with Gasteiger partial charge in [0.25, 0.3) is 0 Å². The van der Waals surface area contributed by atoms with Crippen molar-refractivity contribution in [3.05, 3.63) is 0 Å². The quantitative estimate of drug-likeness (QED) is 0.806. The predicted octanol–water partition coefficient (Wildman–Crippen LogP) is 0.491. The summed E-state index contributed by atoms with van der Waals surface area (Å²) in [6.45, 7) is 12.2. The molecule has 0 spiro atoms. The number of hydrogen-bond acceptors (Lipinski definition) is 5. The summed E-state index contributed by atoms with van der Waals surface area (Å²) in [6.07, 6.45) is 1.72. The third kappa shape index (κ3) is 4.39. The van der Waals surface area contributed by atoms with E-state index in [1.165, 1.54) is 0 Å². The largest absolute Gasteiger partial charge is 0.379 e. The topological polar surface area (TPSA) is 51.0 Å². The average molecular weight is 271 g/mol. The van der Waals surface area contributed by atoms with Crippen LogP contribution in [-0.2, 0) is 9.47 Å². The third-order valence-electron chi connectivity index (χ3n) is 4.17. The van der Waals surface area contributed by atoms with Crippen molar-refractivity contribution in [1.82, 2.24) is 9.80 Å². The van der Waals surface area contributed by atoms with E-state index in [1.807, 2.05) is 0 Å². The van der Waals surface area contributed by atoms with E-state index in [9.17, 15) is 0 Å². The van der Waals surface area contributed by atoms with Gasteiger partial charge in [0.15, 0.2) is 0 Å². The molecule has 2 aliphatic heterocycles. The van der Waals surface area contributed by atoms with Crippen LogP contribution in [0.4, 0.5) is 0 Å². The summed E-state index contributed by atoms with van der Waals surface area (Å²) in [5, 5.41) is 0. The third-order valence-corrected chi connectivity index (χ3v) is 4.17. The molecule has 0 aromatic carbocycles. The smallest absolute Gasteiger partial charge is 0.0678 e. The molecule has 5 nitrogen and oxygen atoms in total. The summed E-state index contributed by atoms with van der Waals surface area (Å²) in [6, 6.07) is 0.521. The number of nitrogens with zero attached hydrogens (tertiary/aromatic N) is 2. The Bertz CT molecular complexity index is 261. The maximum absolute atomic E-state index is 6.39. The van der Waals surface area contributed by atoms with E-state index >= 15 is 0 Å². The Labute approximate surface area is 117 Å². The molecule has 112 valence electrons. The van der Waals surface area contributed by atoms with E-state index in [1.54, 1.807) is 0 Å². The van der Waals surface area contributed by atoms with Gasteiger partial charge in [-0.05, 0) is 27.2 Å². The van der Waals surface area contributed by atoms with Gasteiger partial charge in [0.1, 0.15) is 0 Å². The van der Waals surface area contributed by atoms with Crippen LogP contribution < -0.4 is 5.73 Å². The van der Waals surface area contributed by atoms with E-state index in [0.717, 1.165) is 45.8 Å². The van der Waals surface area contributed by atoms with Crippen molar-refractivity contribution >= 4 is 0 Å². The van der Waals surface area contributed by atoms with Crippen LogP contribution in [0.25, 0.3) is 0 Å². The zero-order valence-electron chi connectivity index (χ0n) is 12.5. The summed E-state index contributed by atoms with van der Waals surface area (Å²) in [5.41, 5.74) is 6.39. The molecule has 4 atom stereocenters. The Morgan fingerprint density at radius 3 is 2.26 bits per heavy atom. The highest BCUT2D eigenvalue weighted by molar-refractivity contribution is 4.80. The standard InChI is InChI=1S/C14H29N3O2/c1-11(16-4-6-18-7-5-16)8-14(15)17-9-12(2)19-13(3)10-17/h11-14H,4-10,15H2,1-3H3. The second-order valence-electron chi connectivity index (χ2n) is 6.01. The minimum atomic E-state index is 0.131. The first-order chi connectivity index (χ1) is 9.06. The molecule has 0 amide bonds. The number of hydrogen-bond donors (Lipinski definition) is 1. The van der Waals surface area contributed by atoms with Crippen LogP contribution in [0.5, 0.6) is 0 Å². The zero-order valence-corrected chi connectivity index (χ0v) is 12.5. The van der Waals surface area contributed by atoms with Crippen molar-refractivity contribution in [3.8, 4) is 0 Å². The van der Waals surface area contributed by atoms with Gasteiger partial charge in [-0.2, -0.15) is 0 Å². The molecule has 2 rings (SSSR count). The Morgan fingerprint density at radius 1 is 1.11 bits per heavy atom. The Kier molecular flexibility index (Phi) is 5.59. The number of ether oxygens (including phenoxy) is 2. The molecule has 2 aliphatic rings. The van der Waals surface area contributed by atoms with Crippen LogP contribution in [-0.4, -0.2) is 73.6 Å². The molecule has 2 fully saturated rings. The first kappa shape index (κ1) is 15.2. The molecule has 0 radical (unpaired) electrons. The van der Waals surface area contributed by atoms with Gasteiger partial charge in [0, 0.05) is 32.2 Å². The van der Waals surface area contributed by atoms with Crippen molar-refractivity contribution < 1.29 is 9.47 Å². The number of nitrogens with two attached hydrogens (primary N) is 1. The minimum absolute atomic E-state index is 0.131. The van der Waals surface area contributed by atoms with Crippen molar-refractivity contribution in [1.29, 1.82) is 0 Å². The van der Waals surface area contributed by atoms with Gasteiger partial charge in [-0.25, -0.2) is 0 Å². The van der Waals surface area contributed by atoms with Crippen LogP contribution in [0.2, 0.25) is 0 Å². The SMILES string of the molecule is CC1CN(C(N)CC(C)N2CCOCC2)CC(C)O1. The first-order valence-electron chi connectivity index (χ1n) is 7.53. The van der Waals surface area contributed by atoms with Crippen LogP contribution >= 0.6 is 0 Å². The lowest BCUT2D eigenvalue weighted by molar-refractivity contribution is -0.0836. The molecule has 4 unspecified atom stereocenters. The molecule has 0 aliphatic carbocycles.